The number of hydrogen-bond acceptors (Lipinski definition) is 3. The van der Waals surface area contributed by atoms with Crippen LogP contribution in [0.15, 0.2) is 156 Å². The van der Waals surface area contributed by atoms with Crippen LogP contribution in [0.3, 0.4) is 0 Å². The molecule has 0 aliphatic heterocycles. The number of furan rings is 1. The second-order valence-corrected chi connectivity index (χ2v) is 12.5. The van der Waals surface area contributed by atoms with Crippen molar-refractivity contribution in [3.05, 3.63) is 152 Å². The molecule has 8 aromatic carbocycles. The highest BCUT2D eigenvalue weighted by molar-refractivity contribution is 6.35. The largest absolute Gasteiger partial charge is 0.456 e. The van der Waals surface area contributed by atoms with Gasteiger partial charge in [-0.25, -0.2) is 9.97 Å². The van der Waals surface area contributed by atoms with E-state index in [2.05, 4.69) is 144 Å². The van der Waals surface area contributed by atoms with Gasteiger partial charge in [0.2, 0.25) is 5.95 Å². The van der Waals surface area contributed by atoms with Gasteiger partial charge in [0.05, 0.1) is 22.2 Å². The third-order valence-electron chi connectivity index (χ3n) is 9.97. The summed E-state index contributed by atoms with van der Waals surface area (Å²) in [5, 5.41) is 12.9. The molecule has 11 aromatic rings. The minimum Gasteiger partial charge on any atom is -0.456 e. The van der Waals surface area contributed by atoms with Gasteiger partial charge in [-0.1, -0.05) is 115 Å². The topological polar surface area (TPSA) is 43.9 Å². The summed E-state index contributed by atoms with van der Waals surface area (Å²) in [6.45, 7) is 0. The maximum atomic E-state index is 6.18. The average molecular weight is 612 g/mol. The molecule has 4 heteroatoms. The number of rotatable bonds is 2. The van der Waals surface area contributed by atoms with E-state index in [-0.39, 0.29) is 0 Å². The van der Waals surface area contributed by atoms with E-state index in [1.807, 2.05) is 12.1 Å². The zero-order valence-electron chi connectivity index (χ0n) is 25.7. The van der Waals surface area contributed by atoms with Gasteiger partial charge in [0.15, 0.2) is 0 Å². The van der Waals surface area contributed by atoms with Gasteiger partial charge in [-0.3, -0.25) is 4.57 Å². The van der Waals surface area contributed by atoms with Crippen LogP contribution >= 0.6 is 0 Å². The lowest BCUT2D eigenvalue weighted by Gasteiger charge is -2.13. The van der Waals surface area contributed by atoms with Crippen molar-refractivity contribution in [2.24, 2.45) is 0 Å². The second kappa shape index (κ2) is 9.50. The third-order valence-corrected chi connectivity index (χ3v) is 9.97. The lowest BCUT2D eigenvalue weighted by Crippen LogP contribution is -2.04. The van der Waals surface area contributed by atoms with E-state index in [4.69, 9.17) is 14.4 Å². The summed E-state index contributed by atoms with van der Waals surface area (Å²) in [6, 6.07) is 53.6. The zero-order valence-corrected chi connectivity index (χ0v) is 25.7. The number of aromatic nitrogens is 3. The molecule has 0 atom stereocenters. The molecule has 0 N–H and O–H groups in total. The molecule has 0 fully saturated rings. The quantitative estimate of drug-likeness (QED) is 0.183. The first-order valence-electron chi connectivity index (χ1n) is 16.3. The van der Waals surface area contributed by atoms with E-state index in [9.17, 15) is 0 Å². The molecule has 222 valence electrons. The molecule has 0 spiro atoms. The van der Waals surface area contributed by atoms with Crippen LogP contribution in [0.2, 0.25) is 0 Å². The van der Waals surface area contributed by atoms with Crippen LogP contribution in [0.25, 0.3) is 104 Å². The van der Waals surface area contributed by atoms with E-state index in [1.54, 1.807) is 0 Å². The summed E-state index contributed by atoms with van der Waals surface area (Å²) in [5.74, 6) is 0.650. The summed E-state index contributed by atoms with van der Waals surface area (Å²) < 4.78 is 8.48. The molecule has 0 saturated carbocycles. The fourth-order valence-corrected chi connectivity index (χ4v) is 7.90. The summed E-state index contributed by atoms with van der Waals surface area (Å²) in [4.78, 5) is 10.8. The van der Waals surface area contributed by atoms with Gasteiger partial charge in [0.1, 0.15) is 11.2 Å². The first-order chi connectivity index (χ1) is 23.8. The van der Waals surface area contributed by atoms with Crippen molar-refractivity contribution in [1.29, 1.82) is 0 Å². The Morgan fingerprint density at radius 1 is 0.438 bits per heavy atom. The van der Waals surface area contributed by atoms with Crippen LogP contribution < -0.4 is 0 Å². The van der Waals surface area contributed by atoms with Crippen LogP contribution in [0.5, 0.6) is 0 Å². The number of para-hydroxylation sites is 2. The van der Waals surface area contributed by atoms with E-state index < -0.39 is 0 Å². The predicted molar refractivity (Wildman–Crippen MR) is 199 cm³/mol. The van der Waals surface area contributed by atoms with Crippen LogP contribution in [0.4, 0.5) is 0 Å². The van der Waals surface area contributed by atoms with E-state index in [0.29, 0.717) is 5.95 Å². The molecule has 0 radical (unpaired) electrons. The Morgan fingerprint density at radius 3 is 1.94 bits per heavy atom. The standard InChI is InChI=1S/C44H25N3O/c1-2-12-28-26(11-1)21-23-37-40(28)41-32-16-5-3-13-29(32)30-14-4-6-17-33(30)43(41)47(37)44-45-36-19-9-7-18-34(36)42(46-44)27-22-24-39-35(25-27)31-15-8-10-20-38(31)48-39/h1-25H. The van der Waals surface area contributed by atoms with Gasteiger partial charge >= 0.3 is 0 Å². The third kappa shape index (κ3) is 3.43. The molecule has 3 heterocycles. The van der Waals surface area contributed by atoms with Crippen molar-refractivity contribution in [2.45, 2.75) is 0 Å². The number of benzene rings is 8. The minimum absolute atomic E-state index is 0.650. The molecule has 11 rings (SSSR count). The Kier molecular flexibility index (Phi) is 5.08. The number of nitrogens with zero attached hydrogens (tertiary/aromatic N) is 3. The van der Waals surface area contributed by atoms with Crippen LogP contribution in [-0.2, 0) is 0 Å². The van der Waals surface area contributed by atoms with Gasteiger partial charge in [-0.05, 0) is 63.3 Å². The maximum Gasteiger partial charge on any atom is 0.235 e. The fraction of sp³-hybridized carbons (Fsp3) is 0. The van der Waals surface area contributed by atoms with Crippen molar-refractivity contribution in [3.63, 3.8) is 0 Å². The molecular formula is C44H25N3O. The fourth-order valence-electron chi connectivity index (χ4n) is 7.90. The van der Waals surface area contributed by atoms with Gasteiger partial charge in [0, 0.05) is 37.9 Å². The molecule has 0 amide bonds. The zero-order chi connectivity index (χ0) is 31.3. The summed E-state index contributed by atoms with van der Waals surface area (Å²) in [7, 11) is 0. The van der Waals surface area contributed by atoms with E-state index in [0.717, 1.165) is 55.1 Å². The Labute approximate surface area is 274 Å². The molecule has 0 aliphatic rings. The van der Waals surface area contributed by atoms with Crippen molar-refractivity contribution in [3.8, 4) is 17.2 Å². The minimum atomic E-state index is 0.650. The van der Waals surface area contributed by atoms with Gasteiger partial charge in [-0.2, -0.15) is 0 Å². The first kappa shape index (κ1) is 25.6. The molecule has 0 bridgehead atoms. The van der Waals surface area contributed by atoms with E-state index >= 15 is 0 Å². The average Bonchev–Trinajstić information content (AvgIpc) is 3.71. The van der Waals surface area contributed by atoms with Crippen molar-refractivity contribution < 1.29 is 4.42 Å². The Morgan fingerprint density at radius 2 is 1.08 bits per heavy atom. The van der Waals surface area contributed by atoms with E-state index in [1.165, 1.54) is 43.1 Å². The molecular weight excluding hydrogens is 587 g/mol. The van der Waals surface area contributed by atoms with Crippen molar-refractivity contribution in [1.82, 2.24) is 14.5 Å². The SMILES string of the molecule is c1ccc2c(c1)ccc1c2c2c3ccccc3c3ccccc3c2n1-c1nc(-c2ccc3oc4ccccc4c3c2)c2ccccc2n1. The van der Waals surface area contributed by atoms with Gasteiger partial charge < -0.3 is 4.42 Å². The highest BCUT2D eigenvalue weighted by Crippen LogP contribution is 2.45. The lowest BCUT2D eigenvalue weighted by atomic mass is 9.95. The second-order valence-electron chi connectivity index (χ2n) is 12.5. The van der Waals surface area contributed by atoms with Crippen molar-refractivity contribution >= 4 is 87.0 Å². The molecule has 0 unspecified atom stereocenters. The Balaban J connectivity index is 1.32. The normalized spacial score (nSPS) is 12.2. The summed E-state index contributed by atoms with van der Waals surface area (Å²) in [6.07, 6.45) is 0. The number of hydrogen-bond donors (Lipinski definition) is 0. The Hall–Kier alpha value is -6.52. The summed E-state index contributed by atoms with van der Waals surface area (Å²) in [5.41, 5.74) is 6.77. The first-order valence-corrected chi connectivity index (χ1v) is 16.3. The Bertz CT molecular complexity index is 3130. The molecule has 0 saturated heterocycles. The lowest BCUT2D eigenvalue weighted by molar-refractivity contribution is 0.669. The highest BCUT2D eigenvalue weighted by atomic mass is 16.3. The van der Waals surface area contributed by atoms with Crippen molar-refractivity contribution in [2.75, 3.05) is 0 Å². The van der Waals surface area contributed by atoms with Crippen LogP contribution in [0.1, 0.15) is 0 Å². The molecule has 4 nitrogen and oxygen atoms in total. The van der Waals surface area contributed by atoms with Gasteiger partial charge in [0.25, 0.3) is 0 Å². The van der Waals surface area contributed by atoms with Crippen LogP contribution in [0, 0.1) is 0 Å². The maximum absolute atomic E-state index is 6.18. The smallest absolute Gasteiger partial charge is 0.235 e. The summed E-state index contributed by atoms with van der Waals surface area (Å²) >= 11 is 0. The van der Waals surface area contributed by atoms with Crippen LogP contribution in [-0.4, -0.2) is 14.5 Å². The molecule has 0 aliphatic carbocycles. The monoisotopic (exact) mass is 611 g/mol. The van der Waals surface area contributed by atoms with Gasteiger partial charge in [-0.15, -0.1) is 0 Å². The molecule has 48 heavy (non-hydrogen) atoms. The number of fused-ring (bicyclic) bond motifs is 14. The highest BCUT2D eigenvalue weighted by Gasteiger charge is 2.23. The predicted octanol–water partition coefficient (Wildman–Crippen LogP) is 11.8. The molecule has 3 aromatic heterocycles.